The predicted octanol–water partition coefficient (Wildman–Crippen LogP) is 4.56. The summed E-state index contributed by atoms with van der Waals surface area (Å²) < 4.78 is 25.6. The Balaban J connectivity index is 2.02. The van der Waals surface area contributed by atoms with Crippen LogP contribution in [0.1, 0.15) is 5.56 Å². The lowest BCUT2D eigenvalue weighted by atomic mass is 10.2. The van der Waals surface area contributed by atoms with Gasteiger partial charge in [0.15, 0.2) is 0 Å². The van der Waals surface area contributed by atoms with Gasteiger partial charge in [-0.25, -0.2) is 8.42 Å². The number of para-hydroxylation sites is 1. The molecule has 0 aliphatic heterocycles. The van der Waals surface area contributed by atoms with E-state index >= 15 is 0 Å². The van der Waals surface area contributed by atoms with Gasteiger partial charge in [-0.1, -0.05) is 48.5 Å². The zero-order valence-corrected chi connectivity index (χ0v) is 14.4. The van der Waals surface area contributed by atoms with Crippen LogP contribution in [0.3, 0.4) is 0 Å². The second-order valence-corrected chi connectivity index (χ2v) is 7.47. The van der Waals surface area contributed by atoms with Gasteiger partial charge in [0, 0.05) is 16.7 Å². The Labute approximate surface area is 147 Å². The fourth-order valence-corrected chi connectivity index (χ4v) is 4.21. The second kappa shape index (κ2) is 7.03. The van der Waals surface area contributed by atoms with Crippen LogP contribution in [0.15, 0.2) is 98.5 Å². The summed E-state index contributed by atoms with van der Waals surface area (Å²) in [5, 5.41) is 0. The summed E-state index contributed by atoms with van der Waals surface area (Å²) in [6.07, 6.45) is 1.63. The SMILES string of the molecule is O=S(=O)(c1ccccc1)c1cccc(C=Nc2ccccc2)c1S. The van der Waals surface area contributed by atoms with E-state index < -0.39 is 9.84 Å². The number of hydrogen-bond acceptors (Lipinski definition) is 4. The minimum absolute atomic E-state index is 0.175. The number of benzene rings is 3. The zero-order chi connectivity index (χ0) is 17.0. The van der Waals surface area contributed by atoms with Crippen molar-refractivity contribution in [2.75, 3.05) is 0 Å². The number of sulfone groups is 1. The molecule has 0 unspecified atom stereocenters. The van der Waals surface area contributed by atoms with E-state index in [0.29, 0.717) is 10.5 Å². The highest BCUT2D eigenvalue weighted by Crippen LogP contribution is 2.28. The molecule has 120 valence electrons. The van der Waals surface area contributed by atoms with Crippen molar-refractivity contribution in [2.24, 2.45) is 4.99 Å². The first-order valence-corrected chi connectivity index (χ1v) is 9.23. The minimum atomic E-state index is -3.61. The molecule has 0 aromatic heterocycles. The monoisotopic (exact) mass is 353 g/mol. The molecular weight excluding hydrogens is 338 g/mol. The second-order valence-electron chi connectivity index (χ2n) is 5.10. The Bertz CT molecular complexity index is 967. The summed E-state index contributed by atoms with van der Waals surface area (Å²) in [5.41, 5.74) is 1.45. The van der Waals surface area contributed by atoms with Gasteiger partial charge in [-0.05, 0) is 30.3 Å². The maximum atomic E-state index is 12.8. The van der Waals surface area contributed by atoms with Gasteiger partial charge in [-0.15, -0.1) is 12.6 Å². The van der Waals surface area contributed by atoms with Gasteiger partial charge in [0.2, 0.25) is 9.84 Å². The number of thiol groups is 1. The van der Waals surface area contributed by atoms with Crippen LogP contribution in [-0.2, 0) is 9.84 Å². The third-order valence-electron chi connectivity index (χ3n) is 3.48. The normalized spacial score (nSPS) is 11.7. The van der Waals surface area contributed by atoms with Crippen LogP contribution in [0.5, 0.6) is 0 Å². The first-order chi connectivity index (χ1) is 11.6. The Hall–Kier alpha value is -2.37. The van der Waals surface area contributed by atoms with Gasteiger partial charge in [0.1, 0.15) is 0 Å². The van der Waals surface area contributed by atoms with E-state index in [1.165, 1.54) is 0 Å². The van der Waals surface area contributed by atoms with E-state index in [2.05, 4.69) is 17.6 Å². The van der Waals surface area contributed by atoms with Crippen molar-refractivity contribution in [1.29, 1.82) is 0 Å². The van der Waals surface area contributed by atoms with Crippen molar-refractivity contribution in [3.05, 3.63) is 84.4 Å². The zero-order valence-electron chi connectivity index (χ0n) is 12.7. The van der Waals surface area contributed by atoms with Crippen molar-refractivity contribution in [3.8, 4) is 0 Å². The van der Waals surface area contributed by atoms with Crippen LogP contribution < -0.4 is 0 Å². The van der Waals surface area contributed by atoms with Gasteiger partial charge in [-0.2, -0.15) is 0 Å². The fraction of sp³-hybridized carbons (Fsp3) is 0. The molecule has 3 rings (SSSR count). The topological polar surface area (TPSA) is 46.5 Å². The summed E-state index contributed by atoms with van der Waals surface area (Å²) in [4.78, 5) is 5.18. The summed E-state index contributed by atoms with van der Waals surface area (Å²) in [6, 6.07) is 22.8. The lowest BCUT2D eigenvalue weighted by molar-refractivity contribution is 0.594. The quantitative estimate of drug-likeness (QED) is 0.552. The first-order valence-electron chi connectivity index (χ1n) is 7.30. The largest absolute Gasteiger partial charge is 0.256 e. The molecule has 24 heavy (non-hydrogen) atoms. The van der Waals surface area contributed by atoms with E-state index in [-0.39, 0.29) is 9.79 Å². The Morgan fingerprint density at radius 1 is 0.792 bits per heavy atom. The summed E-state index contributed by atoms with van der Waals surface area (Å²) in [7, 11) is -3.61. The molecule has 0 atom stereocenters. The molecule has 0 aliphatic rings. The molecule has 5 heteroatoms. The lowest BCUT2D eigenvalue weighted by Gasteiger charge is -2.09. The molecule has 0 amide bonds. The van der Waals surface area contributed by atoms with Crippen molar-refractivity contribution < 1.29 is 8.42 Å². The maximum Gasteiger partial charge on any atom is 0.207 e. The summed E-state index contributed by atoms with van der Waals surface area (Å²) in [6.45, 7) is 0. The van der Waals surface area contributed by atoms with Gasteiger partial charge >= 0.3 is 0 Å². The van der Waals surface area contributed by atoms with Crippen molar-refractivity contribution in [1.82, 2.24) is 0 Å². The average Bonchev–Trinajstić information content (AvgIpc) is 2.62. The molecule has 0 radical (unpaired) electrons. The molecular formula is C19H15NO2S2. The van der Waals surface area contributed by atoms with E-state index in [9.17, 15) is 8.42 Å². The molecule has 0 saturated carbocycles. The van der Waals surface area contributed by atoms with Crippen molar-refractivity contribution in [2.45, 2.75) is 14.7 Å². The third kappa shape index (κ3) is 3.42. The van der Waals surface area contributed by atoms with Gasteiger partial charge in [0.05, 0.1) is 15.5 Å². The predicted molar refractivity (Wildman–Crippen MR) is 99.3 cm³/mol. The molecule has 0 heterocycles. The van der Waals surface area contributed by atoms with Crippen LogP contribution >= 0.6 is 12.6 Å². The maximum absolute atomic E-state index is 12.8. The summed E-state index contributed by atoms with van der Waals surface area (Å²) in [5.74, 6) is 0. The molecule has 0 fully saturated rings. The Morgan fingerprint density at radius 3 is 2.08 bits per heavy atom. The molecule has 0 bridgehead atoms. The van der Waals surface area contributed by atoms with Crippen molar-refractivity contribution >= 4 is 34.4 Å². The van der Waals surface area contributed by atoms with Gasteiger partial charge in [0.25, 0.3) is 0 Å². The van der Waals surface area contributed by atoms with E-state index in [0.717, 1.165) is 5.69 Å². The van der Waals surface area contributed by atoms with E-state index in [1.807, 2.05) is 30.3 Å². The Kier molecular flexibility index (Phi) is 4.83. The highest BCUT2D eigenvalue weighted by Gasteiger charge is 2.20. The van der Waals surface area contributed by atoms with Crippen LogP contribution in [0, 0.1) is 0 Å². The standard InChI is InChI=1S/C19H15NO2S2/c21-24(22,17-11-5-2-6-12-17)18-13-7-8-15(19(18)23)14-20-16-9-3-1-4-10-16/h1-14,23H. The van der Waals surface area contributed by atoms with Crippen LogP contribution in [0.25, 0.3) is 0 Å². The molecule has 0 aliphatic carbocycles. The molecule has 0 N–H and O–H groups in total. The number of aliphatic imine (C=N–C) groups is 1. The molecule has 0 spiro atoms. The average molecular weight is 353 g/mol. The fourth-order valence-electron chi connectivity index (χ4n) is 2.25. The van der Waals surface area contributed by atoms with Crippen molar-refractivity contribution in [3.63, 3.8) is 0 Å². The number of hydrogen-bond donors (Lipinski definition) is 1. The molecule has 3 aromatic carbocycles. The summed E-state index contributed by atoms with van der Waals surface area (Å²) >= 11 is 4.43. The third-order valence-corrected chi connectivity index (χ3v) is 5.94. The van der Waals surface area contributed by atoms with Crippen LogP contribution in [0.2, 0.25) is 0 Å². The smallest absolute Gasteiger partial charge is 0.207 e. The van der Waals surface area contributed by atoms with Crippen LogP contribution in [0.4, 0.5) is 5.69 Å². The highest BCUT2D eigenvalue weighted by atomic mass is 32.2. The van der Waals surface area contributed by atoms with Crippen LogP contribution in [-0.4, -0.2) is 14.6 Å². The highest BCUT2D eigenvalue weighted by molar-refractivity contribution is 7.92. The molecule has 3 nitrogen and oxygen atoms in total. The Morgan fingerprint density at radius 2 is 1.42 bits per heavy atom. The van der Waals surface area contributed by atoms with E-state index in [1.54, 1.807) is 54.7 Å². The minimum Gasteiger partial charge on any atom is -0.256 e. The van der Waals surface area contributed by atoms with Gasteiger partial charge in [-0.3, -0.25) is 4.99 Å². The number of rotatable bonds is 4. The molecule has 0 saturated heterocycles. The van der Waals surface area contributed by atoms with E-state index in [4.69, 9.17) is 0 Å². The molecule has 3 aromatic rings. The van der Waals surface area contributed by atoms with Gasteiger partial charge < -0.3 is 0 Å². The number of nitrogens with zero attached hydrogens (tertiary/aromatic N) is 1. The lowest BCUT2D eigenvalue weighted by Crippen LogP contribution is -2.04. The first kappa shape index (κ1) is 16.5.